The van der Waals surface area contributed by atoms with Gasteiger partial charge in [-0.05, 0) is 30.5 Å². The van der Waals surface area contributed by atoms with E-state index in [1.807, 2.05) is 30.3 Å². The summed E-state index contributed by atoms with van der Waals surface area (Å²) in [5.74, 6) is 0.0278. The van der Waals surface area contributed by atoms with Crippen molar-refractivity contribution in [1.29, 1.82) is 0 Å². The van der Waals surface area contributed by atoms with Crippen LogP contribution in [-0.4, -0.2) is 27.1 Å². The van der Waals surface area contributed by atoms with Gasteiger partial charge in [-0.15, -0.1) is 0 Å². The summed E-state index contributed by atoms with van der Waals surface area (Å²) in [5, 5.41) is 14.4. The van der Waals surface area contributed by atoms with Gasteiger partial charge in [-0.25, -0.2) is 4.98 Å². The number of hydrogen-bond acceptors (Lipinski definition) is 4. The van der Waals surface area contributed by atoms with Crippen molar-refractivity contribution >= 4 is 16.9 Å². The van der Waals surface area contributed by atoms with Crippen LogP contribution in [0.1, 0.15) is 30.1 Å². The second-order valence-electron chi connectivity index (χ2n) is 6.05. The summed E-state index contributed by atoms with van der Waals surface area (Å²) in [6.07, 6.45) is 3.52. The number of carbonyl (C=O) groups excluding carboxylic acids is 1. The molecule has 0 unspecified atom stereocenters. The van der Waals surface area contributed by atoms with Crippen molar-refractivity contribution < 1.29 is 4.79 Å². The fourth-order valence-electron chi connectivity index (χ4n) is 3.23. The lowest BCUT2D eigenvalue weighted by atomic mass is 10.1. The second kappa shape index (κ2) is 6.41. The molecule has 1 aliphatic rings. The van der Waals surface area contributed by atoms with Crippen LogP contribution >= 0.6 is 0 Å². The Labute approximate surface area is 139 Å². The van der Waals surface area contributed by atoms with Gasteiger partial charge in [0.1, 0.15) is 0 Å². The molecule has 3 heterocycles. The molecule has 1 aromatic carbocycles. The third-order valence-electron chi connectivity index (χ3n) is 4.51. The number of aromatic nitrogens is 3. The summed E-state index contributed by atoms with van der Waals surface area (Å²) in [6.45, 7) is 0.426. The van der Waals surface area contributed by atoms with E-state index in [1.165, 1.54) is 5.56 Å². The van der Waals surface area contributed by atoms with E-state index in [0.29, 0.717) is 12.2 Å². The number of carbonyl (C=O) groups is 1. The Morgan fingerprint density at radius 3 is 2.92 bits per heavy atom. The molecule has 0 radical (unpaired) electrons. The number of nitrogens with zero attached hydrogens (tertiary/aromatic N) is 2. The maximum atomic E-state index is 12.4. The normalized spacial score (nSPS) is 20.3. The van der Waals surface area contributed by atoms with Gasteiger partial charge < -0.3 is 5.32 Å². The highest BCUT2D eigenvalue weighted by Crippen LogP contribution is 2.26. The Hall–Kier alpha value is -2.73. The van der Waals surface area contributed by atoms with Crippen LogP contribution in [0.25, 0.3) is 11.0 Å². The lowest BCUT2D eigenvalue weighted by molar-refractivity contribution is -0.123. The average Bonchev–Trinajstić information content (AvgIpc) is 3.28. The molecule has 4 rings (SSSR count). The molecule has 3 N–H and O–H groups in total. The lowest BCUT2D eigenvalue weighted by Gasteiger charge is -2.14. The first-order chi connectivity index (χ1) is 11.8. The molecule has 0 spiro atoms. The lowest BCUT2D eigenvalue weighted by Crippen LogP contribution is -2.40. The summed E-state index contributed by atoms with van der Waals surface area (Å²) in [5.41, 5.74) is 2.78. The summed E-state index contributed by atoms with van der Waals surface area (Å²) < 4.78 is 0. The first-order valence-corrected chi connectivity index (χ1v) is 8.18. The SMILES string of the molecule is O=C(NCc1[nH]nc2ncccc12)[C@H]1CC[C@H](c2ccccc2)N1. The monoisotopic (exact) mass is 321 g/mol. The number of nitrogens with one attached hydrogen (secondary N) is 3. The number of aromatic amines is 1. The van der Waals surface area contributed by atoms with E-state index >= 15 is 0 Å². The summed E-state index contributed by atoms with van der Waals surface area (Å²) >= 11 is 0. The van der Waals surface area contributed by atoms with Gasteiger partial charge in [0, 0.05) is 17.6 Å². The molecule has 6 nitrogen and oxygen atoms in total. The van der Waals surface area contributed by atoms with E-state index in [9.17, 15) is 4.79 Å². The molecule has 1 fully saturated rings. The van der Waals surface area contributed by atoms with Crippen LogP contribution in [0.3, 0.4) is 0 Å². The van der Waals surface area contributed by atoms with Crippen LogP contribution < -0.4 is 10.6 Å². The van der Waals surface area contributed by atoms with Crippen LogP contribution in [0, 0.1) is 0 Å². The number of H-pyrrole nitrogens is 1. The molecule has 0 saturated carbocycles. The van der Waals surface area contributed by atoms with Gasteiger partial charge in [0.15, 0.2) is 5.65 Å². The number of benzene rings is 1. The van der Waals surface area contributed by atoms with Crippen LogP contribution in [0.5, 0.6) is 0 Å². The van der Waals surface area contributed by atoms with Crippen LogP contribution in [0.2, 0.25) is 0 Å². The third kappa shape index (κ3) is 2.88. The third-order valence-corrected chi connectivity index (χ3v) is 4.51. The van der Waals surface area contributed by atoms with Crippen molar-refractivity contribution in [2.75, 3.05) is 0 Å². The first kappa shape index (κ1) is 14.8. The van der Waals surface area contributed by atoms with Crippen molar-refractivity contribution in [1.82, 2.24) is 25.8 Å². The Bertz CT molecular complexity index is 845. The standard InChI is InChI=1S/C18H19N5O/c24-18(15-9-8-14(21-15)12-5-2-1-3-6-12)20-11-16-13-7-4-10-19-17(13)23-22-16/h1-7,10,14-15,21H,8-9,11H2,(H,20,24)(H,19,22,23)/t14-,15-/m1/s1. The molecule has 0 bridgehead atoms. The quantitative estimate of drug-likeness (QED) is 0.687. The van der Waals surface area contributed by atoms with Crippen LogP contribution in [-0.2, 0) is 11.3 Å². The van der Waals surface area contributed by atoms with Gasteiger partial charge in [0.05, 0.1) is 18.3 Å². The van der Waals surface area contributed by atoms with E-state index in [1.54, 1.807) is 6.20 Å². The molecule has 2 atom stereocenters. The molecule has 122 valence electrons. The van der Waals surface area contributed by atoms with Gasteiger partial charge in [-0.1, -0.05) is 30.3 Å². The molecule has 24 heavy (non-hydrogen) atoms. The van der Waals surface area contributed by atoms with Gasteiger partial charge in [0.25, 0.3) is 0 Å². The largest absolute Gasteiger partial charge is 0.349 e. The van der Waals surface area contributed by atoms with E-state index in [-0.39, 0.29) is 18.0 Å². The minimum atomic E-state index is -0.150. The zero-order valence-corrected chi connectivity index (χ0v) is 13.2. The zero-order chi connectivity index (χ0) is 16.4. The predicted molar refractivity (Wildman–Crippen MR) is 91.1 cm³/mol. The number of amides is 1. The number of fused-ring (bicyclic) bond motifs is 1. The van der Waals surface area contributed by atoms with Gasteiger partial charge in [-0.2, -0.15) is 5.10 Å². The molecule has 1 saturated heterocycles. The second-order valence-corrected chi connectivity index (χ2v) is 6.05. The predicted octanol–water partition coefficient (Wildman–Crippen LogP) is 2.07. The Morgan fingerprint density at radius 2 is 2.04 bits per heavy atom. The molecule has 1 amide bonds. The fraction of sp³-hybridized carbons (Fsp3) is 0.278. The van der Waals surface area contributed by atoms with E-state index < -0.39 is 0 Å². The Balaban J connectivity index is 1.37. The molecule has 3 aromatic rings. The molecule has 0 aliphatic carbocycles. The summed E-state index contributed by atoms with van der Waals surface area (Å²) in [7, 11) is 0. The highest BCUT2D eigenvalue weighted by molar-refractivity contribution is 5.83. The molecular formula is C18H19N5O. The van der Waals surface area contributed by atoms with E-state index in [2.05, 4.69) is 37.9 Å². The minimum absolute atomic E-state index is 0.0278. The maximum Gasteiger partial charge on any atom is 0.237 e. The van der Waals surface area contributed by atoms with Crippen molar-refractivity contribution in [2.24, 2.45) is 0 Å². The molecule has 1 aliphatic heterocycles. The Kier molecular flexibility index (Phi) is 3.96. The van der Waals surface area contributed by atoms with E-state index in [4.69, 9.17) is 0 Å². The zero-order valence-electron chi connectivity index (χ0n) is 13.2. The summed E-state index contributed by atoms with van der Waals surface area (Å²) in [4.78, 5) is 16.6. The van der Waals surface area contributed by atoms with Gasteiger partial charge in [0.2, 0.25) is 5.91 Å². The van der Waals surface area contributed by atoms with Crippen LogP contribution in [0.4, 0.5) is 0 Å². The molecule has 2 aromatic heterocycles. The minimum Gasteiger partial charge on any atom is -0.349 e. The summed E-state index contributed by atoms with van der Waals surface area (Å²) in [6, 6.07) is 14.2. The van der Waals surface area contributed by atoms with Crippen molar-refractivity contribution in [2.45, 2.75) is 31.5 Å². The van der Waals surface area contributed by atoms with Crippen molar-refractivity contribution in [3.63, 3.8) is 0 Å². The highest BCUT2D eigenvalue weighted by Gasteiger charge is 2.29. The number of rotatable bonds is 4. The highest BCUT2D eigenvalue weighted by atomic mass is 16.2. The molecule has 6 heteroatoms. The number of hydrogen-bond donors (Lipinski definition) is 3. The van der Waals surface area contributed by atoms with Crippen molar-refractivity contribution in [3.8, 4) is 0 Å². The maximum absolute atomic E-state index is 12.4. The topological polar surface area (TPSA) is 82.7 Å². The first-order valence-electron chi connectivity index (χ1n) is 8.18. The average molecular weight is 321 g/mol. The Morgan fingerprint density at radius 1 is 1.17 bits per heavy atom. The molecular weight excluding hydrogens is 302 g/mol. The van der Waals surface area contributed by atoms with Gasteiger partial charge in [-0.3, -0.25) is 15.2 Å². The van der Waals surface area contributed by atoms with E-state index in [0.717, 1.165) is 23.9 Å². The van der Waals surface area contributed by atoms with Crippen molar-refractivity contribution in [3.05, 3.63) is 59.9 Å². The smallest absolute Gasteiger partial charge is 0.237 e. The van der Waals surface area contributed by atoms with Gasteiger partial charge >= 0.3 is 0 Å². The van der Waals surface area contributed by atoms with Crippen LogP contribution in [0.15, 0.2) is 48.7 Å². The fourth-order valence-corrected chi connectivity index (χ4v) is 3.23. The number of pyridine rings is 1.